The first-order valence-electron chi connectivity index (χ1n) is 3.65. The predicted molar refractivity (Wildman–Crippen MR) is 45.9 cm³/mol. The fourth-order valence-electron chi connectivity index (χ4n) is 0.993. The first-order valence-corrected chi connectivity index (χ1v) is 3.65. The van der Waals surface area contributed by atoms with Crippen molar-refractivity contribution in [3.63, 3.8) is 0 Å². The van der Waals surface area contributed by atoms with E-state index in [-0.39, 0.29) is 5.56 Å². The summed E-state index contributed by atoms with van der Waals surface area (Å²) >= 11 is 0. The Morgan fingerprint density at radius 3 is 2.83 bits per heavy atom. The van der Waals surface area contributed by atoms with Gasteiger partial charge in [-0.15, -0.1) is 0 Å². The number of nitrogens with zero attached hydrogens (tertiary/aromatic N) is 2. The van der Waals surface area contributed by atoms with Gasteiger partial charge in [-0.05, 0) is 19.1 Å². The maximum absolute atomic E-state index is 11.3. The van der Waals surface area contributed by atoms with Crippen molar-refractivity contribution < 1.29 is 0 Å². The van der Waals surface area contributed by atoms with Crippen LogP contribution in [-0.4, -0.2) is 4.57 Å². The number of aryl methyl sites for hydroxylation is 1. The minimum absolute atomic E-state index is 0.162. The van der Waals surface area contributed by atoms with Crippen molar-refractivity contribution in [2.45, 2.75) is 13.0 Å². The van der Waals surface area contributed by atoms with E-state index in [0.29, 0.717) is 5.56 Å². The van der Waals surface area contributed by atoms with Gasteiger partial charge in [0, 0.05) is 18.8 Å². The fourth-order valence-corrected chi connectivity index (χ4v) is 0.993. The molecule has 12 heavy (non-hydrogen) atoms. The van der Waals surface area contributed by atoms with Crippen LogP contribution in [0.15, 0.2) is 28.3 Å². The Morgan fingerprint density at radius 2 is 2.25 bits per heavy atom. The minimum atomic E-state index is -0.565. The van der Waals surface area contributed by atoms with Crippen LogP contribution in [0.25, 0.3) is 0 Å². The van der Waals surface area contributed by atoms with Crippen molar-refractivity contribution in [2.75, 3.05) is 0 Å². The lowest BCUT2D eigenvalue weighted by atomic mass is 10.1. The Labute approximate surface area is 69.8 Å². The molecule has 0 bridgehead atoms. The van der Waals surface area contributed by atoms with Gasteiger partial charge in [-0.3, -0.25) is 4.79 Å². The molecule has 0 saturated heterocycles. The second-order valence-corrected chi connectivity index (χ2v) is 2.66. The van der Waals surface area contributed by atoms with Crippen molar-refractivity contribution in [2.24, 2.45) is 12.2 Å². The van der Waals surface area contributed by atoms with Gasteiger partial charge in [-0.25, -0.2) is 0 Å². The van der Waals surface area contributed by atoms with Gasteiger partial charge in [0.2, 0.25) is 0 Å². The normalized spacial score (nSPS) is 12.5. The summed E-state index contributed by atoms with van der Waals surface area (Å²) in [6, 6.07) is 2.78. The molecule has 1 rings (SSSR count). The molecule has 4 heteroatoms. The number of pyridine rings is 1. The minimum Gasteiger partial charge on any atom is -0.318 e. The standard InChI is InChI=1S/C8H10N2O2/c1-6(9-12)7-4-3-5-10(2)8(7)11/h3-6H,1-2H3. The Hall–Kier alpha value is -1.45. The summed E-state index contributed by atoms with van der Waals surface area (Å²) in [4.78, 5) is 21.5. The van der Waals surface area contributed by atoms with Crippen LogP contribution < -0.4 is 5.56 Å². The zero-order chi connectivity index (χ0) is 9.14. The van der Waals surface area contributed by atoms with Gasteiger partial charge in [0.15, 0.2) is 0 Å². The smallest absolute Gasteiger partial charge is 0.255 e. The van der Waals surface area contributed by atoms with E-state index in [2.05, 4.69) is 5.18 Å². The number of nitroso groups, excluding NO2 is 1. The third-order valence-corrected chi connectivity index (χ3v) is 1.76. The lowest BCUT2D eigenvalue weighted by molar-refractivity contribution is 0.753. The number of hydrogen-bond donors (Lipinski definition) is 0. The summed E-state index contributed by atoms with van der Waals surface area (Å²) in [6.45, 7) is 1.60. The average molecular weight is 166 g/mol. The maximum atomic E-state index is 11.3. The molecule has 0 saturated carbocycles. The molecule has 1 aromatic heterocycles. The van der Waals surface area contributed by atoms with E-state index in [0.717, 1.165) is 0 Å². The number of aromatic nitrogens is 1. The van der Waals surface area contributed by atoms with Gasteiger partial charge >= 0.3 is 0 Å². The third-order valence-electron chi connectivity index (χ3n) is 1.76. The summed E-state index contributed by atoms with van der Waals surface area (Å²) in [5.41, 5.74) is 0.277. The van der Waals surface area contributed by atoms with Crippen molar-refractivity contribution in [1.82, 2.24) is 4.57 Å². The Balaban J connectivity index is 3.25. The monoisotopic (exact) mass is 166 g/mol. The molecule has 0 radical (unpaired) electrons. The van der Waals surface area contributed by atoms with E-state index in [4.69, 9.17) is 0 Å². The predicted octanol–water partition coefficient (Wildman–Crippen LogP) is 1.21. The molecule has 0 N–H and O–H groups in total. The second kappa shape index (κ2) is 3.30. The van der Waals surface area contributed by atoms with Crippen LogP contribution in [0.1, 0.15) is 18.5 Å². The molecule has 4 nitrogen and oxygen atoms in total. The van der Waals surface area contributed by atoms with E-state index < -0.39 is 6.04 Å². The molecule has 0 fully saturated rings. The molecule has 0 aliphatic carbocycles. The van der Waals surface area contributed by atoms with Crippen molar-refractivity contribution in [3.05, 3.63) is 39.2 Å². The van der Waals surface area contributed by atoms with Crippen molar-refractivity contribution in [1.29, 1.82) is 0 Å². The zero-order valence-corrected chi connectivity index (χ0v) is 7.02. The fraction of sp³-hybridized carbons (Fsp3) is 0.375. The van der Waals surface area contributed by atoms with Gasteiger partial charge < -0.3 is 4.57 Å². The summed E-state index contributed by atoms with van der Waals surface area (Å²) < 4.78 is 1.43. The molecule has 1 heterocycles. The highest BCUT2D eigenvalue weighted by Gasteiger charge is 2.09. The molecular formula is C8H10N2O2. The van der Waals surface area contributed by atoms with Crippen LogP contribution in [0, 0.1) is 4.91 Å². The van der Waals surface area contributed by atoms with Crippen LogP contribution in [0.5, 0.6) is 0 Å². The molecule has 0 spiro atoms. The van der Waals surface area contributed by atoms with E-state index in [9.17, 15) is 9.70 Å². The largest absolute Gasteiger partial charge is 0.318 e. The highest BCUT2D eigenvalue weighted by atomic mass is 16.3. The van der Waals surface area contributed by atoms with Crippen molar-refractivity contribution in [3.8, 4) is 0 Å². The average Bonchev–Trinajstić information content (AvgIpc) is 2.08. The van der Waals surface area contributed by atoms with Crippen LogP contribution in [0.3, 0.4) is 0 Å². The summed E-state index contributed by atoms with van der Waals surface area (Å²) in [7, 11) is 1.64. The maximum Gasteiger partial charge on any atom is 0.255 e. The van der Waals surface area contributed by atoms with Gasteiger partial charge in [0.1, 0.15) is 6.04 Å². The Morgan fingerprint density at radius 1 is 1.58 bits per heavy atom. The first kappa shape index (κ1) is 8.64. The van der Waals surface area contributed by atoms with Crippen molar-refractivity contribution >= 4 is 0 Å². The summed E-state index contributed by atoms with van der Waals surface area (Å²) in [6.07, 6.45) is 1.64. The SMILES string of the molecule is CC(N=O)c1cccn(C)c1=O. The highest BCUT2D eigenvalue weighted by molar-refractivity contribution is 5.14. The molecule has 1 atom stereocenters. The van der Waals surface area contributed by atoms with E-state index in [1.54, 1.807) is 32.3 Å². The van der Waals surface area contributed by atoms with E-state index in [1.165, 1.54) is 4.57 Å². The van der Waals surface area contributed by atoms with Crippen LogP contribution in [0.4, 0.5) is 0 Å². The Bertz CT molecular complexity index is 343. The molecule has 0 aromatic carbocycles. The number of hydrogen-bond acceptors (Lipinski definition) is 3. The lowest BCUT2D eigenvalue weighted by Crippen LogP contribution is -2.20. The molecular weight excluding hydrogens is 156 g/mol. The second-order valence-electron chi connectivity index (χ2n) is 2.66. The van der Waals surface area contributed by atoms with E-state index >= 15 is 0 Å². The van der Waals surface area contributed by atoms with Crippen LogP contribution in [0.2, 0.25) is 0 Å². The first-order chi connectivity index (χ1) is 5.66. The molecule has 64 valence electrons. The van der Waals surface area contributed by atoms with Gasteiger partial charge in [0.05, 0.1) is 0 Å². The third kappa shape index (κ3) is 1.42. The molecule has 0 amide bonds. The molecule has 1 aromatic rings. The summed E-state index contributed by atoms with van der Waals surface area (Å²) in [5, 5.41) is 2.80. The van der Waals surface area contributed by atoms with Crippen LogP contribution in [-0.2, 0) is 7.05 Å². The van der Waals surface area contributed by atoms with Gasteiger partial charge in [-0.1, -0.05) is 5.18 Å². The van der Waals surface area contributed by atoms with E-state index in [1.807, 2.05) is 0 Å². The molecule has 0 aliphatic rings. The van der Waals surface area contributed by atoms with Crippen LogP contribution >= 0.6 is 0 Å². The Kier molecular flexibility index (Phi) is 2.38. The molecule has 1 unspecified atom stereocenters. The van der Waals surface area contributed by atoms with Gasteiger partial charge in [-0.2, -0.15) is 4.91 Å². The lowest BCUT2D eigenvalue weighted by Gasteiger charge is -2.03. The number of rotatable bonds is 2. The summed E-state index contributed by atoms with van der Waals surface area (Å²) in [5.74, 6) is 0. The zero-order valence-electron chi connectivity index (χ0n) is 7.02. The topological polar surface area (TPSA) is 51.4 Å². The molecule has 0 aliphatic heterocycles. The quantitative estimate of drug-likeness (QED) is 0.620. The van der Waals surface area contributed by atoms with Gasteiger partial charge in [0.25, 0.3) is 5.56 Å². The highest BCUT2D eigenvalue weighted by Crippen LogP contribution is 2.10.